The summed E-state index contributed by atoms with van der Waals surface area (Å²) in [5, 5.41) is 0. The number of carbonyl (C=O) groups is 1. The van der Waals surface area contributed by atoms with Crippen molar-refractivity contribution < 1.29 is 14.3 Å². The summed E-state index contributed by atoms with van der Waals surface area (Å²) in [4.78, 5) is 14.3. The number of ether oxygens (including phenoxy) is 2. The zero-order valence-corrected chi connectivity index (χ0v) is 19.0. The molecule has 7 heteroatoms. The van der Waals surface area contributed by atoms with Gasteiger partial charge in [-0.05, 0) is 55.3 Å². The van der Waals surface area contributed by atoms with Gasteiger partial charge < -0.3 is 9.47 Å². The van der Waals surface area contributed by atoms with Crippen LogP contribution in [0.1, 0.15) is 16.7 Å². The molecule has 1 heterocycles. The lowest BCUT2D eigenvalue weighted by Gasteiger charge is -2.13. The highest BCUT2D eigenvalue weighted by Gasteiger charge is 2.29. The number of benzene rings is 2. The van der Waals surface area contributed by atoms with E-state index in [2.05, 4.69) is 22.0 Å². The Balaban J connectivity index is 1.69. The molecule has 0 atom stereocenters. The third-order valence-corrected chi connectivity index (χ3v) is 6.17. The highest BCUT2D eigenvalue weighted by molar-refractivity contribution is 9.10. The smallest absolute Gasteiger partial charge is 0.265 e. The molecule has 0 unspecified atom stereocenters. The van der Waals surface area contributed by atoms with E-state index in [-0.39, 0.29) is 5.91 Å². The number of likely N-dealkylation sites (N-methyl/N-ethyl adjacent to an activating group) is 1. The van der Waals surface area contributed by atoms with Crippen molar-refractivity contribution >= 4 is 56.2 Å². The SMILES string of the molecule is Cc1ccc(C)c(OCCOc2ccc(Br)cc2/C=C2\SC(=S)N(C)C2=O)c1. The largest absolute Gasteiger partial charge is 0.490 e. The van der Waals surface area contributed by atoms with Crippen LogP contribution in [0, 0.1) is 13.8 Å². The summed E-state index contributed by atoms with van der Waals surface area (Å²) in [6.07, 6.45) is 1.81. The van der Waals surface area contributed by atoms with Crippen LogP contribution in [-0.4, -0.2) is 35.4 Å². The van der Waals surface area contributed by atoms with E-state index in [9.17, 15) is 4.79 Å². The van der Waals surface area contributed by atoms with Crippen molar-refractivity contribution in [3.63, 3.8) is 0 Å². The van der Waals surface area contributed by atoms with Gasteiger partial charge in [0.2, 0.25) is 0 Å². The molecule has 0 aromatic heterocycles. The van der Waals surface area contributed by atoms with Crippen LogP contribution in [0.3, 0.4) is 0 Å². The molecule has 146 valence electrons. The molecule has 0 bridgehead atoms. The molecular formula is C21H20BrNO3S2. The summed E-state index contributed by atoms with van der Waals surface area (Å²) in [5.74, 6) is 1.46. The molecule has 2 aromatic carbocycles. The summed E-state index contributed by atoms with van der Waals surface area (Å²) in [7, 11) is 1.68. The maximum absolute atomic E-state index is 12.3. The van der Waals surface area contributed by atoms with Crippen LogP contribution in [0.2, 0.25) is 0 Å². The van der Waals surface area contributed by atoms with Crippen LogP contribution in [0.25, 0.3) is 6.08 Å². The number of rotatable bonds is 6. The molecule has 4 nitrogen and oxygen atoms in total. The monoisotopic (exact) mass is 477 g/mol. The van der Waals surface area contributed by atoms with Gasteiger partial charge >= 0.3 is 0 Å². The second kappa shape index (κ2) is 9.11. The minimum Gasteiger partial charge on any atom is -0.490 e. The van der Waals surface area contributed by atoms with E-state index in [1.807, 2.05) is 50.3 Å². The first-order valence-electron chi connectivity index (χ1n) is 8.69. The second-order valence-electron chi connectivity index (χ2n) is 6.39. The third kappa shape index (κ3) is 4.96. The number of aryl methyl sites for hydroxylation is 2. The summed E-state index contributed by atoms with van der Waals surface area (Å²) in [5.41, 5.74) is 3.07. The number of amides is 1. The minimum atomic E-state index is -0.0980. The maximum Gasteiger partial charge on any atom is 0.265 e. The number of thiocarbonyl (C=S) groups is 1. The quantitative estimate of drug-likeness (QED) is 0.318. The average Bonchev–Trinajstić information content (AvgIpc) is 2.89. The molecule has 1 aliphatic heterocycles. The van der Waals surface area contributed by atoms with Crippen molar-refractivity contribution in [3.05, 3.63) is 62.5 Å². The Bertz CT molecular complexity index is 959. The topological polar surface area (TPSA) is 38.8 Å². The Morgan fingerprint density at radius 1 is 1.11 bits per heavy atom. The van der Waals surface area contributed by atoms with Gasteiger partial charge in [0.25, 0.3) is 5.91 Å². The van der Waals surface area contributed by atoms with Gasteiger partial charge in [-0.25, -0.2) is 0 Å². The zero-order chi connectivity index (χ0) is 20.3. The Labute approximate surface area is 183 Å². The van der Waals surface area contributed by atoms with Gasteiger partial charge in [0.1, 0.15) is 29.0 Å². The number of carbonyl (C=O) groups excluding carboxylic acids is 1. The molecule has 0 saturated carbocycles. The van der Waals surface area contributed by atoms with Gasteiger partial charge in [-0.3, -0.25) is 9.69 Å². The molecule has 0 spiro atoms. The number of thioether (sulfide) groups is 1. The third-order valence-electron chi connectivity index (χ3n) is 4.19. The predicted molar refractivity (Wildman–Crippen MR) is 122 cm³/mol. The highest BCUT2D eigenvalue weighted by atomic mass is 79.9. The normalized spacial score (nSPS) is 15.4. The molecule has 3 rings (SSSR count). The molecular weight excluding hydrogens is 458 g/mol. The van der Waals surface area contributed by atoms with E-state index in [1.165, 1.54) is 16.7 Å². The molecule has 0 aliphatic carbocycles. The fraction of sp³-hybridized carbons (Fsp3) is 0.238. The van der Waals surface area contributed by atoms with Crippen molar-refractivity contribution in [1.29, 1.82) is 0 Å². The van der Waals surface area contributed by atoms with Crippen molar-refractivity contribution in [2.45, 2.75) is 13.8 Å². The first-order chi connectivity index (χ1) is 13.3. The van der Waals surface area contributed by atoms with Gasteiger partial charge in [0.15, 0.2) is 0 Å². The van der Waals surface area contributed by atoms with Crippen molar-refractivity contribution in [2.75, 3.05) is 20.3 Å². The summed E-state index contributed by atoms with van der Waals surface area (Å²) in [6, 6.07) is 11.8. The van der Waals surface area contributed by atoms with E-state index in [4.69, 9.17) is 21.7 Å². The fourth-order valence-corrected chi connectivity index (χ4v) is 4.17. The van der Waals surface area contributed by atoms with Crippen LogP contribution in [-0.2, 0) is 4.79 Å². The number of halogens is 1. The van der Waals surface area contributed by atoms with E-state index < -0.39 is 0 Å². The number of hydrogen-bond donors (Lipinski definition) is 0. The second-order valence-corrected chi connectivity index (χ2v) is 8.98. The van der Waals surface area contributed by atoms with Crippen molar-refractivity contribution in [2.24, 2.45) is 0 Å². The van der Waals surface area contributed by atoms with E-state index in [1.54, 1.807) is 7.05 Å². The lowest BCUT2D eigenvalue weighted by Crippen LogP contribution is -2.22. The number of nitrogens with zero attached hydrogens (tertiary/aromatic N) is 1. The van der Waals surface area contributed by atoms with Crippen LogP contribution in [0.15, 0.2) is 45.8 Å². The Kier molecular flexibility index (Phi) is 6.80. The molecule has 1 amide bonds. The standard InChI is InChI=1S/C21H20BrNO3S2/c1-13-4-5-14(2)18(10-13)26-9-8-25-17-7-6-16(22)11-15(17)12-19-20(24)23(3)21(27)28-19/h4-7,10-12H,8-9H2,1-3H3/b19-12-. The average molecular weight is 478 g/mol. The van der Waals surface area contributed by atoms with E-state index >= 15 is 0 Å². The summed E-state index contributed by atoms with van der Waals surface area (Å²) in [6.45, 7) is 4.88. The molecule has 28 heavy (non-hydrogen) atoms. The van der Waals surface area contributed by atoms with E-state index in [0.29, 0.717) is 28.2 Å². The highest BCUT2D eigenvalue weighted by Crippen LogP contribution is 2.34. The van der Waals surface area contributed by atoms with Gasteiger partial charge in [-0.15, -0.1) is 0 Å². The van der Waals surface area contributed by atoms with Crippen LogP contribution in [0.4, 0.5) is 0 Å². The van der Waals surface area contributed by atoms with Crippen LogP contribution >= 0.6 is 39.9 Å². The minimum absolute atomic E-state index is 0.0980. The Morgan fingerprint density at radius 2 is 1.82 bits per heavy atom. The number of hydrogen-bond acceptors (Lipinski definition) is 5. The summed E-state index contributed by atoms with van der Waals surface area (Å²) >= 11 is 9.96. The van der Waals surface area contributed by atoms with Crippen molar-refractivity contribution in [1.82, 2.24) is 4.90 Å². The zero-order valence-electron chi connectivity index (χ0n) is 15.8. The molecule has 1 saturated heterocycles. The van der Waals surface area contributed by atoms with E-state index in [0.717, 1.165) is 26.9 Å². The molecule has 1 fully saturated rings. The maximum atomic E-state index is 12.3. The van der Waals surface area contributed by atoms with Crippen molar-refractivity contribution in [3.8, 4) is 11.5 Å². The predicted octanol–water partition coefficient (Wildman–Crippen LogP) is 5.35. The first kappa shape index (κ1) is 20.9. The van der Waals surface area contributed by atoms with Gasteiger partial charge in [-0.1, -0.05) is 52.0 Å². The molecule has 0 radical (unpaired) electrons. The van der Waals surface area contributed by atoms with Crippen LogP contribution in [0.5, 0.6) is 11.5 Å². The van der Waals surface area contributed by atoms with Gasteiger partial charge in [-0.2, -0.15) is 0 Å². The first-order valence-corrected chi connectivity index (χ1v) is 10.7. The lowest BCUT2D eigenvalue weighted by atomic mass is 10.1. The fourth-order valence-electron chi connectivity index (χ4n) is 2.62. The molecule has 1 aliphatic rings. The molecule has 2 aromatic rings. The Hall–Kier alpha value is -1.83. The summed E-state index contributed by atoms with van der Waals surface area (Å²) < 4.78 is 13.2. The van der Waals surface area contributed by atoms with Crippen LogP contribution < -0.4 is 9.47 Å². The Morgan fingerprint density at radius 3 is 2.50 bits per heavy atom. The van der Waals surface area contributed by atoms with Gasteiger partial charge in [0.05, 0.1) is 4.91 Å². The molecule has 0 N–H and O–H groups in total. The lowest BCUT2D eigenvalue weighted by molar-refractivity contribution is -0.121. The van der Waals surface area contributed by atoms with Gasteiger partial charge in [0, 0.05) is 17.1 Å².